The summed E-state index contributed by atoms with van der Waals surface area (Å²) in [5.41, 5.74) is 6.30. The van der Waals surface area contributed by atoms with Crippen molar-refractivity contribution < 1.29 is 51.3 Å². The van der Waals surface area contributed by atoms with E-state index in [1.54, 1.807) is 76.0 Å². The molecule has 3 aromatic carbocycles. The summed E-state index contributed by atoms with van der Waals surface area (Å²) in [7, 11) is -2.17. The molecule has 1 aliphatic heterocycles. The Kier molecular flexibility index (Phi) is 19.8. The number of aromatic nitrogens is 2. The highest BCUT2D eigenvalue weighted by Crippen LogP contribution is 2.38. The van der Waals surface area contributed by atoms with Gasteiger partial charge in [0.05, 0.1) is 84.3 Å². The van der Waals surface area contributed by atoms with Crippen molar-refractivity contribution in [2.24, 2.45) is 5.41 Å². The summed E-state index contributed by atoms with van der Waals surface area (Å²) in [5, 5.41) is 16.0. The average molecular weight is 1090 g/mol. The number of benzene rings is 3. The quantitative estimate of drug-likeness (QED) is 0.0420. The molecule has 5 aromatic rings. The molecule has 76 heavy (non-hydrogen) atoms. The van der Waals surface area contributed by atoms with Gasteiger partial charge in [0.1, 0.15) is 35.9 Å². The minimum absolute atomic E-state index is 0.0627. The predicted molar refractivity (Wildman–Crippen MR) is 293 cm³/mol. The number of sulfone groups is 1. The Morgan fingerprint density at radius 1 is 0.829 bits per heavy atom. The zero-order valence-electron chi connectivity index (χ0n) is 44.9. The van der Waals surface area contributed by atoms with Crippen LogP contribution in [-0.4, -0.2) is 149 Å². The Bertz CT molecular complexity index is 2920. The van der Waals surface area contributed by atoms with E-state index >= 15 is 0 Å². The number of carbonyl (C=O) groups excluding carboxylic acids is 4. The van der Waals surface area contributed by atoms with Crippen molar-refractivity contribution in [1.82, 2.24) is 36.1 Å². The predicted octanol–water partition coefficient (Wildman–Crippen LogP) is 6.02. The van der Waals surface area contributed by atoms with Crippen LogP contribution >= 0.6 is 11.3 Å². The van der Waals surface area contributed by atoms with Gasteiger partial charge in [-0.1, -0.05) is 45.0 Å². The SMILES string of the molecule is CN[C@@H](C)C(=O)N[C@H](C(=O)N1C[C@@H](NC(=O)COCCOCCOCCOCCOc2cc3nccc(Nc4ccc5scnc5c4)c3cc2S(=O)(=O)C(C)(C)C)C[C@H]1C(=O)N[C@@H]1CCCc2ccccc21)C(C)(C)C. The van der Waals surface area contributed by atoms with Gasteiger partial charge in [0.25, 0.3) is 0 Å². The number of pyridine rings is 1. The fraction of sp³-hybridized carbons (Fsp3) is 0.527. The van der Waals surface area contributed by atoms with Crippen molar-refractivity contribution in [3.8, 4) is 5.75 Å². The largest absolute Gasteiger partial charge is 0.490 e. The molecule has 7 rings (SSSR count). The van der Waals surface area contributed by atoms with E-state index in [-0.39, 0.29) is 94.3 Å². The number of hydrogen-bond acceptors (Lipinski definition) is 16. The lowest BCUT2D eigenvalue weighted by atomic mass is 9.85. The molecule has 2 aromatic heterocycles. The number of ether oxygens (including phenoxy) is 5. The summed E-state index contributed by atoms with van der Waals surface area (Å²) >= 11 is 1.56. The molecule has 0 saturated carbocycles. The second-order valence-corrected chi connectivity index (χ2v) is 24.7. The normalized spacial score (nSPS) is 17.7. The van der Waals surface area contributed by atoms with Crippen LogP contribution in [0.3, 0.4) is 0 Å². The molecule has 1 aliphatic carbocycles. The summed E-state index contributed by atoms with van der Waals surface area (Å²) in [6, 6.07) is 15.9. The summed E-state index contributed by atoms with van der Waals surface area (Å²) in [4.78, 5) is 65.2. The number of likely N-dealkylation sites (N-methyl/N-ethyl adjacent to an activating group) is 1. The van der Waals surface area contributed by atoms with E-state index in [1.165, 1.54) is 10.5 Å². The van der Waals surface area contributed by atoms with E-state index in [1.807, 2.05) is 57.2 Å². The third-order valence-corrected chi connectivity index (χ3v) is 16.8. The van der Waals surface area contributed by atoms with Gasteiger partial charge in [0.2, 0.25) is 23.6 Å². The highest BCUT2D eigenvalue weighted by molar-refractivity contribution is 7.92. The number of fused-ring (bicyclic) bond motifs is 3. The molecule has 5 N–H and O–H groups in total. The van der Waals surface area contributed by atoms with Crippen molar-refractivity contribution in [1.29, 1.82) is 0 Å². The van der Waals surface area contributed by atoms with E-state index in [2.05, 4.69) is 42.6 Å². The van der Waals surface area contributed by atoms with E-state index in [0.717, 1.165) is 40.7 Å². The minimum Gasteiger partial charge on any atom is -0.490 e. The molecule has 2 aliphatic rings. The Balaban J connectivity index is 0.815. The second kappa shape index (κ2) is 26.0. The molecule has 0 unspecified atom stereocenters. The molecule has 0 radical (unpaired) electrons. The van der Waals surface area contributed by atoms with E-state index in [0.29, 0.717) is 23.2 Å². The van der Waals surface area contributed by atoms with Gasteiger partial charge < -0.3 is 55.2 Å². The first-order valence-electron chi connectivity index (χ1n) is 25.9. The molecular formula is C55H74N8O11S2. The van der Waals surface area contributed by atoms with Gasteiger partial charge >= 0.3 is 0 Å². The number of nitrogens with one attached hydrogen (secondary N) is 5. The molecule has 5 atom stereocenters. The lowest BCUT2D eigenvalue weighted by molar-refractivity contribution is -0.144. The van der Waals surface area contributed by atoms with Gasteiger partial charge in [-0.2, -0.15) is 0 Å². The number of anilines is 2. The molecule has 21 heteroatoms. The maximum absolute atomic E-state index is 14.4. The molecule has 1 saturated heterocycles. The molecule has 0 spiro atoms. The number of hydrogen-bond donors (Lipinski definition) is 5. The molecular weight excluding hydrogens is 1010 g/mol. The molecule has 412 valence electrons. The molecule has 1 fully saturated rings. The van der Waals surface area contributed by atoms with Crippen LogP contribution in [0.15, 0.2) is 77.3 Å². The van der Waals surface area contributed by atoms with Crippen molar-refractivity contribution in [2.75, 3.05) is 78.4 Å². The maximum atomic E-state index is 14.4. The first-order chi connectivity index (χ1) is 36.2. The summed E-state index contributed by atoms with van der Waals surface area (Å²) < 4.78 is 56.4. The Morgan fingerprint density at radius 2 is 1.53 bits per heavy atom. The first-order valence-corrected chi connectivity index (χ1v) is 28.3. The lowest BCUT2D eigenvalue weighted by Crippen LogP contribution is -2.59. The van der Waals surface area contributed by atoms with Crippen LogP contribution in [-0.2, 0) is 54.4 Å². The van der Waals surface area contributed by atoms with Gasteiger partial charge in [-0.15, -0.1) is 11.3 Å². The van der Waals surface area contributed by atoms with Crippen molar-refractivity contribution in [3.05, 3.63) is 83.5 Å². The number of rotatable bonds is 25. The molecule has 3 heterocycles. The van der Waals surface area contributed by atoms with Crippen LogP contribution in [0.25, 0.3) is 21.1 Å². The van der Waals surface area contributed by atoms with E-state index in [9.17, 15) is 27.6 Å². The standard InChI is InChI=1S/C55H74N8O11S2/c1-35(56-8)51(65)62-50(54(2,3)4)53(67)63-32-38(29-45(63)52(66)61-41-15-11-13-36-12-9-10-14-39(36)41)60-49(64)33-73-25-24-71-21-20-70-22-23-72-26-27-74-46-31-43-40(30-48(46)76(68,69)55(5,6)7)42(18-19-57-43)59-37-16-17-47-44(28-37)58-34-75-47/h9-10,12,14,16-19,28,30-31,34-35,38,41,45,50,56H,11,13,15,20-27,29,32-33H2,1-8H3,(H,57,59)(H,60,64)(H,61,66)(H,62,65)/t35-,38-,41+,45-,50+/m0/s1. The zero-order chi connectivity index (χ0) is 54.6. The average Bonchev–Trinajstić information content (AvgIpc) is 4.06. The third kappa shape index (κ3) is 14.8. The summed E-state index contributed by atoms with van der Waals surface area (Å²) in [5.74, 6) is -1.25. The van der Waals surface area contributed by atoms with Crippen molar-refractivity contribution in [2.45, 2.75) is 114 Å². The first kappa shape index (κ1) is 57.9. The van der Waals surface area contributed by atoms with Gasteiger partial charge in [0.15, 0.2) is 9.84 Å². The summed E-state index contributed by atoms with van der Waals surface area (Å²) in [6.45, 7) is 13.9. The van der Waals surface area contributed by atoms with Crippen LogP contribution in [0.1, 0.15) is 84.9 Å². The molecule has 19 nitrogen and oxygen atoms in total. The number of aryl methyl sites for hydroxylation is 1. The smallest absolute Gasteiger partial charge is 0.246 e. The number of likely N-dealkylation sites (tertiary alicyclic amines) is 1. The lowest BCUT2D eigenvalue weighted by Gasteiger charge is -2.36. The summed E-state index contributed by atoms with van der Waals surface area (Å²) in [6.07, 6.45) is 4.47. The zero-order valence-corrected chi connectivity index (χ0v) is 46.5. The molecule has 0 bridgehead atoms. The fourth-order valence-corrected chi connectivity index (χ4v) is 11.1. The Hall–Kier alpha value is -5.81. The van der Waals surface area contributed by atoms with Gasteiger partial charge in [-0.05, 0) is 107 Å². The van der Waals surface area contributed by atoms with Gasteiger partial charge in [0, 0.05) is 41.6 Å². The van der Waals surface area contributed by atoms with Gasteiger partial charge in [-0.25, -0.2) is 13.4 Å². The highest BCUT2D eigenvalue weighted by Gasteiger charge is 2.46. The van der Waals surface area contributed by atoms with Crippen LogP contribution in [0.5, 0.6) is 5.75 Å². The highest BCUT2D eigenvalue weighted by atomic mass is 32.2. The minimum atomic E-state index is -3.83. The number of thiazole rings is 1. The van der Waals surface area contributed by atoms with E-state index < -0.39 is 56.0 Å². The number of carbonyl (C=O) groups is 4. The van der Waals surface area contributed by atoms with Crippen LogP contribution in [0, 0.1) is 5.41 Å². The van der Waals surface area contributed by atoms with Gasteiger partial charge in [-0.3, -0.25) is 24.2 Å². The van der Waals surface area contributed by atoms with E-state index in [4.69, 9.17) is 23.7 Å². The maximum Gasteiger partial charge on any atom is 0.246 e. The monoisotopic (exact) mass is 1090 g/mol. The Labute approximate surface area is 449 Å². The topological polar surface area (TPSA) is 238 Å². The second-order valence-electron chi connectivity index (χ2n) is 21.2. The van der Waals surface area contributed by atoms with Crippen LogP contribution < -0.4 is 31.3 Å². The van der Waals surface area contributed by atoms with Crippen molar-refractivity contribution in [3.63, 3.8) is 0 Å². The Morgan fingerprint density at radius 3 is 2.22 bits per heavy atom. The number of amides is 4. The number of nitrogens with zero attached hydrogens (tertiary/aromatic N) is 3. The van der Waals surface area contributed by atoms with Crippen molar-refractivity contribution >= 4 is 77.3 Å². The molecule has 4 amide bonds. The van der Waals surface area contributed by atoms with Crippen LogP contribution in [0.2, 0.25) is 0 Å². The fourth-order valence-electron chi connectivity index (χ4n) is 9.13. The third-order valence-electron chi connectivity index (χ3n) is 13.5. The van der Waals surface area contributed by atoms with Crippen LogP contribution in [0.4, 0.5) is 11.4 Å².